The first kappa shape index (κ1) is 14.9. The third kappa shape index (κ3) is 2.35. The highest BCUT2D eigenvalue weighted by Gasteiger charge is 2.62. The molecule has 10 heteroatoms. The maximum atomic E-state index is 11.7. The van der Waals surface area contributed by atoms with Crippen LogP contribution in [0.15, 0.2) is 0 Å². The van der Waals surface area contributed by atoms with Gasteiger partial charge < -0.3 is 11.5 Å². The van der Waals surface area contributed by atoms with Gasteiger partial charge in [-0.1, -0.05) is 0 Å². The van der Waals surface area contributed by atoms with E-state index in [4.69, 9.17) is 22.0 Å². The van der Waals surface area contributed by atoms with Gasteiger partial charge in [-0.2, -0.15) is 10.5 Å². The molecule has 0 radical (unpaired) electrons. The second-order valence-corrected chi connectivity index (χ2v) is 4.11. The fraction of sp³-hybridized carbons (Fsp3) is 0.400. The van der Waals surface area contributed by atoms with E-state index < -0.39 is 47.3 Å². The maximum Gasteiger partial charge on any atom is 0.237 e. The van der Waals surface area contributed by atoms with Gasteiger partial charge in [-0.25, -0.2) is 0 Å². The molecule has 1 saturated carbocycles. The number of carbonyl (C=O) groups excluding carboxylic acids is 4. The Morgan fingerprint density at radius 2 is 1.05 bits per heavy atom. The zero-order chi connectivity index (χ0) is 15.4. The molecular weight excluding hydrogens is 268 g/mol. The zero-order valence-electron chi connectivity index (χ0n) is 9.99. The van der Waals surface area contributed by atoms with Crippen LogP contribution in [0, 0.1) is 46.6 Å². The molecule has 1 aliphatic carbocycles. The van der Waals surface area contributed by atoms with Gasteiger partial charge in [0, 0.05) is 0 Å². The standard InChI is InChI=1S/C10H10N6O4/c11-1-15-9(19)5-3(7(13)17)4(8(14)18)6(5)10(20)16-2-12/h3-6H,(H2,13,17)(H2,14,18)(H,15,19)(H,16,20). The molecule has 0 heterocycles. The molecule has 4 amide bonds. The highest BCUT2D eigenvalue weighted by atomic mass is 16.2. The largest absolute Gasteiger partial charge is 0.369 e. The molecule has 0 spiro atoms. The molecule has 0 aromatic carbocycles. The van der Waals surface area contributed by atoms with Crippen molar-refractivity contribution < 1.29 is 19.2 Å². The summed E-state index contributed by atoms with van der Waals surface area (Å²) < 4.78 is 0. The summed E-state index contributed by atoms with van der Waals surface area (Å²) in [6, 6.07) is 0. The molecule has 6 N–H and O–H groups in total. The summed E-state index contributed by atoms with van der Waals surface area (Å²) in [5.74, 6) is -9.10. The van der Waals surface area contributed by atoms with Crippen LogP contribution in [0.1, 0.15) is 0 Å². The number of rotatable bonds is 4. The molecule has 0 aromatic heterocycles. The van der Waals surface area contributed by atoms with Gasteiger partial charge in [0.15, 0.2) is 12.4 Å². The summed E-state index contributed by atoms with van der Waals surface area (Å²) in [7, 11) is 0. The Morgan fingerprint density at radius 3 is 1.25 bits per heavy atom. The zero-order valence-corrected chi connectivity index (χ0v) is 9.99. The van der Waals surface area contributed by atoms with Crippen LogP contribution in [0.5, 0.6) is 0 Å². The lowest BCUT2D eigenvalue weighted by atomic mass is 9.55. The number of nitriles is 2. The van der Waals surface area contributed by atoms with Gasteiger partial charge in [-0.05, 0) is 0 Å². The Morgan fingerprint density at radius 1 is 0.750 bits per heavy atom. The van der Waals surface area contributed by atoms with Crippen LogP contribution < -0.4 is 22.1 Å². The topological polar surface area (TPSA) is 192 Å². The highest BCUT2D eigenvalue weighted by molar-refractivity contribution is 6.02. The monoisotopic (exact) mass is 278 g/mol. The lowest BCUT2D eigenvalue weighted by molar-refractivity contribution is -0.164. The summed E-state index contributed by atoms with van der Waals surface area (Å²) in [6.45, 7) is 0. The quantitative estimate of drug-likeness (QED) is 0.306. The lowest BCUT2D eigenvalue weighted by Gasteiger charge is -2.45. The van der Waals surface area contributed by atoms with Crippen molar-refractivity contribution in [3.63, 3.8) is 0 Å². The average molecular weight is 278 g/mol. The van der Waals surface area contributed by atoms with E-state index in [0.29, 0.717) is 0 Å². The molecule has 0 aliphatic heterocycles. The number of hydrogen-bond acceptors (Lipinski definition) is 6. The molecule has 1 aliphatic rings. The molecule has 0 bridgehead atoms. The second-order valence-electron chi connectivity index (χ2n) is 4.11. The first-order valence-corrected chi connectivity index (χ1v) is 5.33. The van der Waals surface area contributed by atoms with Gasteiger partial charge in [-0.3, -0.25) is 29.8 Å². The van der Waals surface area contributed by atoms with E-state index in [0.717, 1.165) is 0 Å². The summed E-state index contributed by atoms with van der Waals surface area (Å²) >= 11 is 0. The molecule has 10 nitrogen and oxygen atoms in total. The Labute approximate surface area is 112 Å². The van der Waals surface area contributed by atoms with Crippen molar-refractivity contribution in [3.8, 4) is 12.4 Å². The number of nitrogens with zero attached hydrogens (tertiary/aromatic N) is 2. The van der Waals surface area contributed by atoms with Crippen LogP contribution in [-0.4, -0.2) is 23.6 Å². The number of primary amides is 2. The van der Waals surface area contributed by atoms with E-state index >= 15 is 0 Å². The van der Waals surface area contributed by atoms with Gasteiger partial charge in [0.25, 0.3) is 0 Å². The number of nitrogens with one attached hydrogen (secondary N) is 2. The minimum Gasteiger partial charge on any atom is -0.369 e. The third-order valence-electron chi connectivity index (χ3n) is 3.17. The Kier molecular flexibility index (Phi) is 4.23. The van der Waals surface area contributed by atoms with Crippen LogP contribution in [0.3, 0.4) is 0 Å². The minimum atomic E-state index is -1.32. The lowest BCUT2D eigenvalue weighted by Crippen LogP contribution is -2.65. The fourth-order valence-corrected chi connectivity index (χ4v) is 2.39. The molecule has 1 rings (SSSR count). The van der Waals surface area contributed by atoms with E-state index in [9.17, 15) is 19.2 Å². The van der Waals surface area contributed by atoms with E-state index in [2.05, 4.69) is 0 Å². The predicted molar refractivity (Wildman–Crippen MR) is 59.9 cm³/mol. The normalized spacial score (nSPS) is 27.1. The van der Waals surface area contributed by atoms with Crippen molar-refractivity contribution in [2.45, 2.75) is 0 Å². The predicted octanol–water partition coefficient (Wildman–Crippen LogP) is -3.37. The van der Waals surface area contributed by atoms with Crippen LogP contribution in [0.2, 0.25) is 0 Å². The van der Waals surface area contributed by atoms with E-state index in [1.54, 1.807) is 10.6 Å². The summed E-state index contributed by atoms with van der Waals surface area (Å²) in [4.78, 5) is 45.9. The molecule has 104 valence electrons. The molecular formula is C10H10N6O4. The van der Waals surface area contributed by atoms with Crippen molar-refractivity contribution in [1.82, 2.24) is 10.6 Å². The SMILES string of the molecule is N#CNC(=O)C1C(C(N)=O)C(C(N)=O)C1C(=O)NC#N. The van der Waals surface area contributed by atoms with Gasteiger partial charge in [0.2, 0.25) is 23.6 Å². The molecule has 4 unspecified atom stereocenters. The first-order valence-electron chi connectivity index (χ1n) is 5.33. The van der Waals surface area contributed by atoms with Gasteiger partial charge in [0.05, 0.1) is 23.7 Å². The van der Waals surface area contributed by atoms with Gasteiger partial charge >= 0.3 is 0 Å². The van der Waals surface area contributed by atoms with E-state index in [1.807, 2.05) is 0 Å². The van der Waals surface area contributed by atoms with Gasteiger partial charge in [0.1, 0.15) is 0 Å². The van der Waals surface area contributed by atoms with Crippen molar-refractivity contribution in [2.75, 3.05) is 0 Å². The first-order chi connectivity index (χ1) is 9.36. The summed E-state index contributed by atoms with van der Waals surface area (Å²) in [5, 5.41) is 20.3. The third-order valence-corrected chi connectivity index (χ3v) is 3.17. The number of hydrogen-bond donors (Lipinski definition) is 4. The molecule has 4 atom stereocenters. The van der Waals surface area contributed by atoms with Gasteiger partial charge in [-0.15, -0.1) is 0 Å². The average Bonchev–Trinajstić information content (AvgIpc) is 2.26. The van der Waals surface area contributed by atoms with Crippen LogP contribution in [-0.2, 0) is 19.2 Å². The number of amides is 4. The Hall–Kier alpha value is -3.14. The van der Waals surface area contributed by atoms with Crippen LogP contribution in [0.25, 0.3) is 0 Å². The Bertz CT molecular complexity index is 509. The van der Waals surface area contributed by atoms with Crippen molar-refractivity contribution >= 4 is 23.6 Å². The maximum absolute atomic E-state index is 11.7. The Balaban J connectivity index is 3.14. The van der Waals surface area contributed by atoms with Crippen molar-refractivity contribution in [3.05, 3.63) is 0 Å². The highest BCUT2D eigenvalue weighted by Crippen LogP contribution is 2.46. The molecule has 0 aromatic rings. The smallest absolute Gasteiger partial charge is 0.237 e. The number of carbonyl (C=O) groups is 4. The summed E-state index contributed by atoms with van der Waals surface area (Å²) in [5.41, 5.74) is 10.2. The van der Waals surface area contributed by atoms with Crippen molar-refractivity contribution in [2.24, 2.45) is 35.1 Å². The van der Waals surface area contributed by atoms with Crippen LogP contribution >= 0.6 is 0 Å². The molecule has 20 heavy (non-hydrogen) atoms. The minimum absolute atomic E-state index is 0.938. The van der Waals surface area contributed by atoms with E-state index in [1.165, 1.54) is 12.4 Å². The second kappa shape index (κ2) is 5.67. The summed E-state index contributed by atoms with van der Waals surface area (Å²) in [6.07, 6.45) is 2.69. The van der Waals surface area contributed by atoms with Crippen LogP contribution in [0.4, 0.5) is 0 Å². The van der Waals surface area contributed by atoms with Crippen molar-refractivity contribution in [1.29, 1.82) is 10.5 Å². The van der Waals surface area contributed by atoms with E-state index in [-0.39, 0.29) is 0 Å². The fourth-order valence-electron chi connectivity index (χ4n) is 2.39. The number of nitrogens with two attached hydrogens (primary N) is 2. The molecule has 1 fully saturated rings. The molecule has 0 saturated heterocycles.